The second kappa shape index (κ2) is 6.21. The summed E-state index contributed by atoms with van der Waals surface area (Å²) in [5.41, 5.74) is -0.0549. The zero-order valence-electron chi connectivity index (χ0n) is 12.6. The molecule has 1 N–H and O–H groups in total. The number of amides is 1. The monoisotopic (exact) mass is 295 g/mol. The predicted molar refractivity (Wildman–Crippen MR) is 75.0 cm³/mol. The second-order valence-electron chi connectivity index (χ2n) is 5.18. The van der Waals surface area contributed by atoms with Crippen LogP contribution in [0, 0.1) is 0 Å². The van der Waals surface area contributed by atoms with Gasteiger partial charge in [-0.1, -0.05) is 5.21 Å². The number of aromatic carboxylic acids is 1. The molecule has 1 atom stereocenters. The van der Waals surface area contributed by atoms with E-state index in [1.54, 1.807) is 4.68 Å². The number of carbonyl (C=O) groups is 2. The van der Waals surface area contributed by atoms with Gasteiger partial charge in [-0.15, -0.1) is 5.10 Å². The van der Waals surface area contributed by atoms with Gasteiger partial charge in [0.25, 0.3) is 0 Å². The van der Waals surface area contributed by atoms with Crippen molar-refractivity contribution < 1.29 is 14.7 Å². The standard InChI is InChI=1S/C13H21N5O3/c1-4-16(5-2)12(19)9(3)17-6-10(7-17)18-8-11(13(20)21)14-15-18/h8-10H,4-7H2,1-3H3,(H,20,21). The lowest BCUT2D eigenvalue weighted by Gasteiger charge is -2.43. The van der Waals surface area contributed by atoms with E-state index in [1.807, 2.05) is 25.7 Å². The molecule has 21 heavy (non-hydrogen) atoms. The number of hydrogen-bond acceptors (Lipinski definition) is 5. The van der Waals surface area contributed by atoms with Crippen molar-refractivity contribution in [3.63, 3.8) is 0 Å². The lowest BCUT2D eigenvalue weighted by atomic mass is 10.1. The normalized spacial score (nSPS) is 17.3. The van der Waals surface area contributed by atoms with Crippen LogP contribution in [0.5, 0.6) is 0 Å². The van der Waals surface area contributed by atoms with Gasteiger partial charge in [-0.2, -0.15) is 0 Å². The summed E-state index contributed by atoms with van der Waals surface area (Å²) in [4.78, 5) is 26.9. The predicted octanol–water partition coefficient (Wildman–Crippen LogP) is 0.0899. The smallest absolute Gasteiger partial charge is 0.358 e. The molecule has 0 bridgehead atoms. The molecule has 2 heterocycles. The van der Waals surface area contributed by atoms with Crippen molar-refractivity contribution in [1.82, 2.24) is 24.8 Å². The molecule has 0 saturated carbocycles. The van der Waals surface area contributed by atoms with Crippen molar-refractivity contribution >= 4 is 11.9 Å². The van der Waals surface area contributed by atoms with Crippen LogP contribution in [-0.2, 0) is 4.79 Å². The quantitative estimate of drug-likeness (QED) is 0.799. The highest BCUT2D eigenvalue weighted by atomic mass is 16.4. The van der Waals surface area contributed by atoms with Gasteiger partial charge in [0.05, 0.1) is 18.3 Å². The van der Waals surface area contributed by atoms with Crippen molar-refractivity contribution in [2.45, 2.75) is 32.9 Å². The summed E-state index contributed by atoms with van der Waals surface area (Å²) in [5, 5.41) is 16.3. The van der Waals surface area contributed by atoms with Crippen LogP contribution >= 0.6 is 0 Å². The minimum atomic E-state index is -1.08. The van der Waals surface area contributed by atoms with Crippen molar-refractivity contribution in [3.05, 3.63) is 11.9 Å². The van der Waals surface area contributed by atoms with E-state index in [0.717, 1.165) is 0 Å². The van der Waals surface area contributed by atoms with E-state index in [1.165, 1.54) is 6.20 Å². The molecule has 0 radical (unpaired) electrons. The zero-order chi connectivity index (χ0) is 15.6. The average molecular weight is 295 g/mol. The molecule has 1 fully saturated rings. The molecule has 1 aromatic heterocycles. The summed E-state index contributed by atoms with van der Waals surface area (Å²) >= 11 is 0. The first-order chi connectivity index (χ1) is 9.97. The average Bonchev–Trinajstić information content (AvgIpc) is 2.87. The summed E-state index contributed by atoms with van der Waals surface area (Å²) < 4.78 is 1.56. The Balaban J connectivity index is 1.90. The summed E-state index contributed by atoms with van der Waals surface area (Å²) in [7, 11) is 0. The Labute approximate surface area is 123 Å². The Hall–Kier alpha value is -1.96. The van der Waals surface area contributed by atoms with Gasteiger partial charge >= 0.3 is 5.97 Å². The summed E-state index contributed by atoms with van der Waals surface area (Å²) in [6.07, 6.45) is 1.43. The summed E-state index contributed by atoms with van der Waals surface area (Å²) in [6.45, 7) is 8.61. The van der Waals surface area contributed by atoms with E-state index in [-0.39, 0.29) is 23.7 Å². The Morgan fingerprint density at radius 3 is 2.52 bits per heavy atom. The Morgan fingerprint density at radius 1 is 1.43 bits per heavy atom. The fraction of sp³-hybridized carbons (Fsp3) is 0.692. The van der Waals surface area contributed by atoms with E-state index in [0.29, 0.717) is 26.2 Å². The van der Waals surface area contributed by atoms with Gasteiger partial charge in [-0.25, -0.2) is 9.48 Å². The molecule has 2 rings (SSSR count). The number of likely N-dealkylation sites (N-methyl/N-ethyl adjacent to an activating group) is 1. The summed E-state index contributed by atoms with van der Waals surface area (Å²) in [6, 6.07) is -0.0823. The molecule has 1 amide bonds. The molecule has 0 aromatic carbocycles. The second-order valence-corrected chi connectivity index (χ2v) is 5.18. The lowest BCUT2D eigenvalue weighted by molar-refractivity contribution is -0.138. The highest BCUT2D eigenvalue weighted by molar-refractivity contribution is 5.84. The maximum absolute atomic E-state index is 12.2. The van der Waals surface area contributed by atoms with Crippen LogP contribution in [0.4, 0.5) is 0 Å². The minimum absolute atomic E-state index is 0.0549. The number of rotatable bonds is 6. The molecule has 1 saturated heterocycles. The van der Waals surface area contributed by atoms with Gasteiger partial charge in [0.15, 0.2) is 5.69 Å². The molecule has 8 heteroatoms. The van der Waals surface area contributed by atoms with Crippen molar-refractivity contribution in [2.75, 3.05) is 26.2 Å². The first-order valence-corrected chi connectivity index (χ1v) is 7.15. The minimum Gasteiger partial charge on any atom is -0.476 e. The van der Waals surface area contributed by atoms with Gasteiger partial charge in [0.1, 0.15) is 0 Å². The van der Waals surface area contributed by atoms with E-state index < -0.39 is 5.97 Å². The molecule has 116 valence electrons. The van der Waals surface area contributed by atoms with Crippen molar-refractivity contribution in [2.24, 2.45) is 0 Å². The molecule has 8 nitrogen and oxygen atoms in total. The number of carbonyl (C=O) groups excluding carboxylic acids is 1. The first-order valence-electron chi connectivity index (χ1n) is 7.15. The Morgan fingerprint density at radius 2 is 2.05 bits per heavy atom. The van der Waals surface area contributed by atoms with E-state index in [4.69, 9.17) is 5.11 Å². The topological polar surface area (TPSA) is 91.6 Å². The fourth-order valence-corrected chi connectivity index (χ4v) is 2.48. The molecular formula is C13H21N5O3. The third-order valence-corrected chi connectivity index (χ3v) is 3.97. The third-order valence-electron chi connectivity index (χ3n) is 3.97. The van der Waals surface area contributed by atoms with Crippen LogP contribution < -0.4 is 0 Å². The molecule has 1 aromatic rings. The van der Waals surface area contributed by atoms with E-state index >= 15 is 0 Å². The molecule has 1 aliphatic rings. The number of aromatic nitrogens is 3. The zero-order valence-corrected chi connectivity index (χ0v) is 12.6. The van der Waals surface area contributed by atoms with Crippen LogP contribution in [0.25, 0.3) is 0 Å². The number of carboxylic acids is 1. The first kappa shape index (κ1) is 15.4. The van der Waals surface area contributed by atoms with Gasteiger partial charge in [-0.05, 0) is 20.8 Å². The van der Waals surface area contributed by atoms with Gasteiger partial charge in [-0.3, -0.25) is 9.69 Å². The third kappa shape index (κ3) is 3.05. The van der Waals surface area contributed by atoms with Crippen LogP contribution in [0.15, 0.2) is 6.20 Å². The van der Waals surface area contributed by atoms with Crippen LogP contribution in [0.2, 0.25) is 0 Å². The van der Waals surface area contributed by atoms with Crippen molar-refractivity contribution in [1.29, 1.82) is 0 Å². The van der Waals surface area contributed by atoms with E-state index in [9.17, 15) is 9.59 Å². The lowest BCUT2D eigenvalue weighted by Crippen LogP contribution is -2.57. The number of hydrogen-bond donors (Lipinski definition) is 1. The molecular weight excluding hydrogens is 274 g/mol. The van der Waals surface area contributed by atoms with Gasteiger partial charge in [0.2, 0.25) is 5.91 Å². The van der Waals surface area contributed by atoms with Crippen LogP contribution in [0.1, 0.15) is 37.3 Å². The van der Waals surface area contributed by atoms with Gasteiger partial charge in [0, 0.05) is 26.2 Å². The maximum Gasteiger partial charge on any atom is 0.358 e. The summed E-state index contributed by atoms with van der Waals surface area (Å²) in [5.74, 6) is -0.953. The van der Waals surface area contributed by atoms with Crippen LogP contribution in [0.3, 0.4) is 0 Å². The van der Waals surface area contributed by atoms with Crippen LogP contribution in [-0.4, -0.2) is 74.0 Å². The molecule has 0 aliphatic carbocycles. The number of nitrogens with zero attached hydrogens (tertiary/aromatic N) is 5. The Kier molecular flexibility index (Phi) is 4.56. The molecule has 1 unspecified atom stereocenters. The van der Waals surface area contributed by atoms with E-state index in [2.05, 4.69) is 15.2 Å². The fourth-order valence-electron chi connectivity index (χ4n) is 2.48. The molecule has 0 spiro atoms. The highest BCUT2D eigenvalue weighted by Crippen LogP contribution is 2.23. The SMILES string of the molecule is CCN(CC)C(=O)C(C)N1CC(n2cc(C(=O)O)nn2)C1. The Bertz CT molecular complexity index is 520. The van der Waals surface area contributed by atoms with Crippen molar-refractivity contribution in [3.8, 4) is 0 Å². The highest BCUT2D eigenvalue weighted by Gasteiger charge is 2.36. The number of likely N-dealkylation sites (tertiary alicyclic amines) is 1. The van der Waals surface area contributed by atoms with Gasteiger partial charge < -0.3 is 10.0 Å². The molecule has 1 aliphatic heterocycles. The maximum atomic E-state index is 12.2. The largest absolute Gasteiger partial charge is 0.476 e. The number of carboxylic acid groups (broad SMARTS) is 1.